The van der Waals surface area contributed by atoms with Crippen LogP contribution in [-0.4, -0.2) is 142 Å². The first-order chi connectivity index (χ1) is 36.2. The van der Waals surface area contributed by atoms with Gasteiger partial charge in [-0.25, -0.2) is 9.97 Å². The number of carboxylic acid groups (broad SMARTS) is 2. The van der Waals surface area contributed by atoms with E-state index in [2.05, 4.69) is 74.8 Å². The van der Waals surface area contributed by atoms with E-state index in [1.54, 1.807) is 81.6 Å². The van der Waals surface area contributed by atoms with Gasteiger partial charge in [0.05, 0.1) is 37.6 Å². The number of rotatable bonds is 31. The van der Waals surface area contributed by atoms with Crippen molar-refractivity contribution in [2.75, 3.05) is 0 Å². The number of H-pyrrole nitrogens is 3. The lowest BCUT2D eigenvalue weighted by atomic mass is 9.97. The third kappa shape index (κ3) is 18.2. The van der Waals surface area contributed by atoms with E-state index in [0.717, 1.165) is 5.56 Å². The van der Waals surface area contributed by atoms with Gasteiger partial charge in [0.25, 0.3) is 0 Å². The number of hydrogen-bond acceptors (Lipinski definition) is 14. The summed E-state index contributed by atoms with van der Waals surface area (Å²) in [6.45, 7) is 4.82. The van der Waals surface area contributed by atoms with Crippen molar-refractivity contribution < 1.29 is 58.2 Å². The Morgan fingerprint density at radius 1 is 0.566 bits per heavy atom. The zero-order chi connectivity index (χ0) is 55.5. The lowest BCUT2D eigenvalue weighted by Crippen LogP contribution is -2.61. The number of nitrogens with one attached hydrogen (secondary N) is 10. The van der Waals surface area contributed by atoms with Crippen molar-refractivity contribution in [2.24, 2.45) is 11.7 Å². The van der Waals surface area contributed by atoms with Crippen molar-refractivity contribution in [3.8, 4) is 0 Å². The number of fused-ring (bicyclic) bond motifs is 1. The Balaban J connectivity index is 1.43. The second-order valence-electron chi connectivity index (χ2n) is 18.3. The molecular weight excluding hydrogens is 1010 g/mol. The smallest absolute Gasteiger partial charge is 0.305 e. The number of Topliss-reactive ketones (excluding diaryl/α,β-unsaturated/α-hetero) is 1. The number of aromatic amines is 3. The molecule has 0 spiro atoms. The Labute approximate surface area is 441 Å². The van der Waals surface area contributed by atoms with Crippen molar-refractivity contribution in [2.45, 2.75) is 120 Å². The molecule has 3 aromatic heterocycles. The minimum Gasteiger partial charge on any atom is -0.481 e. The quantitative estimate of drug-likeness (QED) is 0.0196. The number of aromatic nitrogens is 5. The maximum Gasteiger partial charge on any atom is 0.305 e. The highest BCUT2D eigenvalue weighted by Crippen LogP contribution is 2.20. The molecule has 0 saturated carbocycles. The number of carbonyl (C=O) groups is 10. The van der Waals surface area contributed by atoms with Gasteiger partial charge in [-0.2, -0.15) is 12.6 Å². The number of aliphatic carboxylic acids is 2. The maximum absolute atomic E-state index is 14.7. The lowest BCUT2D eigenvalue weighted by molar-refractivity contribution is -0.141. The molecule has 3 heterocycles. The molecule has 0 bridgehead atoms. The standard InChI is InChI=1S/C50H63N13O12S/c1-26(2)44(69)34(13-14-42(65)66)58-47(72)37(17-30-22-52-24-55-30)61-49(74)39(19-41(51)64)62-48(73)38(18-31-23-53-25-56-31)60-46(71)36(16-29-21-54-33-12-8-7-11-32(29)33)59-50(75)40(20-43(67)68)63-45(70)35(57-27(3)76)15-28-9-5-4-6-10-28/h4-12,21-27,34-40,54,57,76H,13-20H2,1-3H3,(H2,51,64)(H,52,55)(H,53,56)(H,58,72)(H,59,75)(H,60,71)(H,61,74)(H,62,73)(H,63,70)(H,65,66)(H,67,68)/t27?,34-,35-,36-,37-,38-,39-,40-/m0/s1. The number of imidazole rings is 2. The van der Waals surface area contributed by atoms with Gasteiger partial charge in [-0.1, -0.05) is 62.4 Å². The first-order valence-corrected chi connectivity index (χ1v) is 24.7. The van der Waals surface area contributed by atoms with Gasteiger partial charge < -0.3 is 62.8 Å². The number of carbonyl (C=O) groups excluding carboxylic acids is 8. The highest BCUT2D eigenvalue weighted by Gasteiger charge is 2.36. The van der Waals surface area contributed by atoms with Crippen molar-refractivity contribution in [1.82, 2.24) is 62.1 Å². The van der Waals surface area contributed by atoms with Crippen LogP contribution in [0.4, 0.5) is 0 Å². The molecule has 26 heteroatoms. The van der Waals surface area contributed by atoms with Gasteiger partial charge in [0, 0.05) is 77.9 Å². The summed E-state index contributed by atoms with van der Waals surface area (Å²) >= 11 is 4.37. The van der Waals surface area contributed by atoms with E-state index in [-0.39, 0.29) is 32.1 Å². The lowest BCUT2D eigenvalue weighted by Gasteiger charge is -2.28. The summed E-state index contributed by atoms with van der Waals surface area (Å²) in [4.78, 5) is 151. The highest BCUT2D eigenvalue weighted by atomic mass is 32.1. The predicted octanol–water partition coefficient (Wildman–Crippen LogP) is -0.532. The Hall–Kier alpha value is -8.39. The minimum absolute atomic E-state index is 0.143. The van der Waals surface area contributed by atoms with E-state index in [1.165, 1.54) is 25.0 Å². The fraction of sp³-hybridized carbons (Fsp3) is 0.400. The van der Waals surface area contributed by atoms with E-state index in [4.69, 9.17) is 5.73 Å². The summed E-state index contributed by atoms with van der Waals surface area (Å²) in [7, 11) is 0. The number of nitrogens with two attached hydrogens (primary N) is 1. The van der Waals surface area contributed by atoms with E-state index in [0.29, 0.717) is 27.9 Å². The molecular formula is C50H63N13O12S. The Morgan fingerprint density at radius 2 is 1.04 bits per heavy atom. The van der Waals surface area contributed by atoms with Crippen LogP contribution in [0.5, 0.6) is 0 Å². The SMILES string of the molecule is CC(S)N[C@@H](Cc1ccccc1)C(=O)N[C@@H](CC(=O)O)C(=O)N[C@@H](Cc1c[nH]c2ccccc12)C(=O)N[C@@H](Cc1cnc[nH]1)C(=O)N[C@@H](CC(N)=O)C(=O)N[C@@H](Cc1cnc[nH]1)C(=O)N[C@@H](CCC(=O)O)C(=O)C(C)C. The molecule has 5 rings (SSSR count). The first kappa shape index (κ1) is 58.5. The summed E-state index contributed by atoms with van der Waals surface area (Å²) < 4.78 is 0. The third-order valence-corrected chi connectivity index (χ3v) is 12.1. The average Bonchev–Trinajstić information content (AvgIpc) is 4.17. The molecule has 406 valence electrons. The number of ketones is 1. The number of nitrogens with zero attached hydrogens (tertiary/aromatic N) is 2. The molecule has 0 aliphatic carbocycles. The third-order valence-electron chi connectivity index (χ3n) is 11.9. The largest absolute Gasteiger partial charge is 0.481 e. The van der Waals surface area contributed by atoms with Crippen LogP contribution >= 0.6 is 12.6 Å². The molecule has 7 amide bonds. The highest BCUT2D eigenvalue weighted by molar-refractivity contribution is 7.80. The van der Waals surface area contributed by atoms with Crippen LogP contribution in [-0.2, 0) is 73.6 Å². The Bertz CT molecular complexity index is 2810. The summed E-state index contributed by atoms with van der Waals surface area (Å²) in [6.07, 6.45) is 3.81. The van der Waals surface area contributed by atoms with Crippen LogP contribution in [0.1, 0.15) is 69.0 Å². The summed E-state index contributed by atoms with van der Waals surface area (Å²) in [5.74, 6) is -10.7. The van der Waals surface area contributed by atoms with Gasteiger partial charge in [0.15, 0.2) is 5.78 Å². The molecule has 76 heavy (non-hydrogen) atoms. The van der Waals surface area contributed by atoms with Gasteiger partial charge in [-0.05, 0) is 37.0 Å². The number of hydrogen-bond donors (Lipinski definition) is 14. The molecule has 8 atom stereocenters. The number of thiol groups is 1. The van der Waals surface area contributed by atoms with Crippen molar-refractivity contribution >= 4 is 82.6 Å². The molecule has 0 fully saturated rings. The molecule has 0 saturated heterocycles. The molecule has 2 aromatic carbocycles. The zero-order valence-corrected chi connectivity index (χ0v) is 42.7. The van der Waals surface area contributed by atoms with Crippen LogP contribution in [0.25, 0.3) is 10.9 Å². The molecule has 5 aromatic rings. The number of carboxylic acids is 2. The van der Waals surface area contributed by atoms with Gasteiger partial charge in [0.1, 0.15) is 30.2 Å². The molecule has 0 radical (unpaired) electrons. The topological polar surface area (TPSA) is 395 Å². The summed E-state index contributed by atoms with van der Waals surface area (Å²) in [5.41, 5.74) is 8.16. The van der Waals surface area contributed by atoms with E-state index >= 15 is 0 Å². The molecule has 0 aliphatic rings. The summed E-state index contributed by atoms with van der Waals surface area (Å²) in [6, 6.07) is 5.56. The van der Waals surface area contributed by atoms with Crippen LogP contribution in [0, 0.1) is 5.92 Å². The monoisotopic (exact) mass is 1070 g/mol. The normalized spacial score (nSPS) is 14.4. The molecule has 14 N–H and O–H groups in total. The molecule has 1 unspecified atom stereocenters. The van der Waals surface area contributed by atoms with Crippen LogP contribution < -0.4 is 43.0 Å². The van der Waals surface area contributed by atoms with Crippen LogP contribution in [0.2, 0.25) is 0 Å². The first-order valence-electron chi connectivity index (χ1n) is 24.2. The fourth-order valence-corrected chi connectivity index (χ4v) is 8.31. The fourth-order valence-electron chi connectivity index (χ4n) is 8.13. The van der Waals surface area contributed by atoms with Crippen molar-refractivity contribution in [3.63, 3.8) is 0 Å². The van der Waals surface area contributed by atoms with Crippen molar-refractivity contribution in [1.29, 1.82) is 0 Å². The van der Waals surface area contributed by atoms with E-state index < -0.39 is 132 Å². The van der Waals surface area contributed by atoms with Gasteiger partial charge in [0.2, 0.25) is 41.4 Å². The second-order valence-corrected chi connectivity index (χ2v) is 19.1. The van der Waals surface area contributed by atoms with Gasteiger partial charge >= 0.3 is 11.9 Å². The zero-order valence-electron chi connectivity index (χ0n) is 41.8. The number of benzene rings is 2. The predicted molar refractivity (Wildman–Crippen MR) is 276 cm³/mol. The Kier molecular flexibility index (Phi) is 21.8. The average molecular weight is 1070 g/mol. The maximum atomic E-state index is 14.7. The van der Waals surface area contributed by atoms with E-state index in [9.17, 15) is 58.2 Å². The summed E-state index contributed by atoms with van der Waals surface area (Å²) in [5, 5.41) is 37.6. The molecule has 25 nitrogen and oxygen atoms in total. The minimum atomic E-state index is -1.80. The van der Waals surface area contributed by atoms with Gasteiger partial charge in [-0.3, -0.25) is 53.3 Å². The number of primary amides is 1. The Morgan fingerprint density at radius 3 is 1.53 bits per heavy atom. The number of amides is 7. The molecule has 0 aliphatic heterocycles. The van der Waals surface area contributed by atoms with Gasteiger partial charge in [-0.15, -0.1) is 0 Å². The number of para-hydroxylation sites is 1. The van der Waals surface area contributed by atoms with Crippen LogP contribution in [0.15, 0.2) is 85.8 Å². The second kappa shape index (κ2) is 28.3. The van der Waals surface area contributed by atoms with Crippen LogP contribution in [0.3, 0.4) is 0 Å². The van der Waals surface area contributed by atoms with E-state index in [1.807, 2.05) is 0 Å². The van der Waals surface area contributed by atoms with Crippen molar-refractivity contribution in [3.05, 3.63) is 108 Å².